The number of allylic oxidation sites excluding steroid dienone is 5. The van der Waals surface area contributed by atoms with Crippen LogP contribution in [0, 0.1) is 0 Å². The van der Waals surface area contributed by atoms with Crippen molar-refractivity contribution in [2.45, 2.75) is 6.92 Å². The van der Waals surface area contributed by atoms with Crippen LogP contribution in [0.3, 0.4) is 0 Å². The highest BCUT2D eigenvalue weighted by atomic mass is 15.1. The van der Waals surface area contributed by atoms with Crippen LogP contribution in [0.1, 0.15) is 12.5 Å². The van der Waals surface area contributed by atoms with Gasteiger partial charge in [0.05, 0.1) is 22.1 Å². The number of rotatable bonds is 13. The first-order chi connectivity index (χ1) is 38.1. The molecular formula is C73H54N4. The average Bonchev–Trinajstić information content (AvgIpc) is 4.18. The lowest BCUT2D eigenvalue weighted by Crippen LogP contribution is -2.10. The second-order valence-electron chi connectivity index (χ2n) is 19.3. The summed E-state index contributed by atoms with van der Waals surface area (Å²) in [6.07, 6.45) is 8.09. The summed E-state index contributed by atoms with van der Waals surface area (Å²) < 4.78 is 4.74. The van der Waals surface area contributed by atoms with Crippen LogP contribution in [0.4, 0.5) is 34.1 Å². The zero-order valence-electron chi connectivity index (χ0n) is 42.8. The van der Waals surface area contributed by atoms with Crippen molar-refractivity contribution in [2.75, 3.05) is 9.80 Å². The van der Waals surface area contributed by atoms with Gasteiger partial charge in [-0.1, -0.05) is 183 Å². The summed E-state index contributed by atoms with van der Waals surface area (Å²) in [4.78, 5) is 4.77. The minimum Gasteiger partial charge on any atom is -0.310 e. The first kappa shape index (κ1) is 46.6. The number of fused-ring (bicyclic) bond motifs is 6. The molecule has 0 radical (unpaired) electrons. The lowest BCUT2D eigenvalue weighted by molar-refractivity contribution is 1.18. The molecule has 4 heteroatoms. The second kappa shape index (κ2) is 20.3. The Hall–Kier alpha value is -10.2. The topological polar surface area (TPSA) is 16.3 Å². The fourth-order valence-electron chi connectivity index (χ4n) is 11.2. The molecule has 0 N–H and O–H groups in total. The molecule has 13 rings (SSSR count). The maximum Gasteiger partial charge on any atom is 0.0542 e. The Morgan fingerprint density at radius 3 is 1.25 bits per heavy atom. The monoisotopic (exact) mass is 986 g/mol. The lowest BCUT2D eigenvalue weighted by Gasteiger charge is -2.27. The van der Waals surface area contributed by atoms with E-state index in [9.17, 15) is 0 Å². The van der Waals surface area contributed by atoms with Crippen LogP contribution in [-0.2, 0) is 0 Å². The highest BCUT2D eigenvalue weighted by Crippen LogP contribution is 2.44. The van der Waals surface area contributed by atoms with E-state index in [2.05, 4.69) is 318 Å². The Labute approximate surface area is 449 Å². The number of aromatic nitrogens is 2. The SMILES string of the molecule is C=C/C=C\C(=C/C)c1cccc(N(c2ccc(-c3ccc(N(c4cccc(-c5ccccc5)c4)c4ccc5c(c4)c4ccccc4n5-c4ccccc4)cc3)cc2)c2ccc3c(c2)c2ccccc2n3-c2ccccc2)c1. The summed E-state index contributed by atoms with van der Waals surface area (Å²) >= 11 is 0. The van der Waals surface area contributed by atoms with Gasteiger partial charge in [0.15, 0.2) is 0 Å². The number of nitrogens with zero attached hydrogens (tertiary/aromatic N) is 4. The Balaban J connectivity index is 0.900. The van der Waals surface area contributed by atoms with Gasteiger partial charge >= 0.3 is 0 Å². The molecule has 0 saturated heterocycles. The predicted octanol–water partition coefficient (Wildman–Crippen LogP) is 20.3. The van der Waals surface area contributed by atoms with Gasteiger partial charge < -0.3 is 18.9 Å². The minimum absolute atomic E-state index is 1.06. The van der Waals surface area contributed by atoms with Crippen molar-refractivity contribution in [3.8, 4) is 33.6 Å². The second-order valence-corrected chi connectivity index (χ2v) is 19.3. The van der Waals surface area contributed by atoms with Crippen molar-refractivity contribution in [1.29, 1.82) is 0 Å². The summed E-state index contributed by atoms with van der Waals surface area (Å²) in [5.41, 5.74) is 20.3. The number of hydrogen-bond acceptors (Lipinski definition) is 2. The van der Waals surface area contributed by atoms with E-state index in [1.165, 1.54) is 43.7 Å². The van der Waals surface area contributed by atoms with E-state index in [1.54, 1.807) is 0 Å². The number of hydrogen-bond donors (Lipinski definition) is 0. The number of para-hydroxylation sites is 4. The van der Waals surface area contributed by atoms with E-state index in [-0.39, 0.29) is 0 Å². The molecule has 2 heterocycles. The molecule has 0 aliphatic rings. The maximum atomic E-state index is 3.93. The van der Waals surface area contributed by atoms with Crippen LogP contribution in [0.25, 0.3) is 82.8 Å². The van der Waals surface area contributed by atoms with Gasteiger partial charge in [0, 0.05) is 67.0 Å². The highest BCUT2D eigenvalue weighted by Gasteiger charge is 2.21. The third-order valence-electron chi connectivity index (χ3n) is 14.8. The Kier molecular flexibility index (Phi) is 12.3. The van der Waals surface area contributed by atoms with Gasteiger partial charge in [0.2, 0.25) is 0 Å². The summed E-state index contributed by atoms with van der Waals surface area (Å²) in [6.45, 7) is 6.02. The first-order valence-corrected chi connectivity index (χ1v) is 26.3. The van der Waals surface area contributed by atoms with Crippen molar-refractivity contribution in [1.82, 2.24) is 9.13 Å². The molecule has 366 valence electrons. The van der Waals surface area contributed by atoms with Crippen molar-refractivity contribution < 1.29 is 0 Å². The van der Waals surface area contributed by atoms with Crippen LogP contribution < -0.4 is 9.80 Å². The zero-order valence-corrected chi connectivity index (χ0v) is 42.8. The molecule has 11 aromatic carbocycles. The predicted molar refractivity (Wildman–Crippen MR) is 328 cm³/mol. The van der Waals surface area contributed by atoms with Gasteiger partial charge in [-0.25, -0.2) is 0 Å². The van der Waals surface area contributed by atoms with Gasteiger partial charge in [-0.05, 0) is 162 Å². The molecule has 0 fully saturated rings. The molecule has 0 aliphatic carbocycles. The molecule has 0 unspecified atom stereocenters. The summed E-state index contributed by atoms with van der Waals surface area (Å²) in [6, 6.07) is 98.9. The van der Waals surface area contributed by atoms with E-state index in [0.29, 0.717) is 0 Å². The van der Waals surface area contributed by atoms with Crippen molar-refractivity contribution >= 4 is 83.3 Å². The van der Waals surface area contributed by atoms with E-state index < -0.39 is 0 Å². The lowest BCUT2D eigenvalue weighted by atomic mass is 10.0. The average molecular weight is 987 g/mol. The van der Waals surface area contributed by atoms with E-state index in [4.69, 9.17) is 0 Å². The maximum absolute atomic E-state index is 3.93. The van der Waals surface area contributed by atoms with Crippen molar-refractivity contribution in [2.24, 2.45) is 0 Å². The molecular weight excluding hydrogens is 933 g/mol. The molecule has 4 nitrogen and oxygen atoms in total. The molecule has 0 amide bonds. The molecule has 77 heavy (non-hydrogen) atoms. The highest BCUT2D eigenvalue weighted by molar-refractivity contribution is 6.12. The Morgan fingerprint density at radius 2 is 0.740 bits per heavy atom. The van der Waals surface area contributed by atoms with Gasteiger partial charge in [0.1, 0.15) is 0 Å². The van der Waals surface area contributed by atoms with E-state index in [1.807, 2.05) is 12.2 Å². The minimum atomic E-state index is 1.06. The largest absolute Gasteiger partial charge is 0.310 e. The van der Waals surface area contributed by atoms with Gasteiger partial charge in [-0.2, -0.15) is 0 Å². The molecule has 0 bridgehead atoms. The molecule has 0 atom stereocenters. The fourth-order valence-corrected chi connectivity index (χ4v) is 11.2. The third kappa shape index (κ3) is 8.68. The normalized spacial score (nSPS) is 11.8. The molecule has 13 aromatic rings. The summed E-state index contributed by atoms with van der Waals surface area (Å²) in [7, 11) is 0. The third-order valence-corrected chi connectivity index (χ3v) is 14.8. The smallest absolute Gasteiger partial charge is 0.0542 e. The van der Waals surface area contributed by atoms with Crippen molar-refractivity contribution in [3.05, 3.63) is 309 Å². The van der Waals surface area contributed by atoms with Crippen molar-refractivity contribution in [3.63, 3.8) is 0 Å². The first-order valence-electron chi connectivity index (χ1n) is 26.3. The van der Waals surface area contributed by atoms with Gasteiger partial charge in [-0.3, -0.25) is 0 Å². The van der Waals surface area contributed by atoms with E-state index in [0.717, 1.165) is 78.8 Å². The number of anilines is 6. The van der Waals surface area contributed by atoms with E-state index >= 15 is 0 Å². The Bertz CT molecular complexity index is 4330. The summed E-state index contributed by atoms with van der Waals surface area (Å²) in [5, 5.41) is 4.83. The van der Waals surface area contributed by atoms with Crippen LogP contribution in [0.2, 0.25) is 0 Å². The molecule has 2 aromatic heterocycles. The fraction of sp³-hybridized carbons (Fsp3) is 0.0137. The van der Waals surface area contributed by atoms with Gasteiger partial charge in [-0.15, -0.1) is 0 Å². The molecule has 0 spiro atoms. The van der Waals surface area contributed by atoms with Crippen LogP contribution in [-0.4, -0.2) is 9.13 Å². The molecule has 0 aliphatic heterocycles. The standard InChI is InChI=1S/C73H54N4/c1-3-5-21-52(4-2)56-24-19-30-62(48-56)74(64-44-46-72-68(50-64)66-32-15-17-34-70(66)76(72)58-26-11-7-12-27-58)60-40-36-54(37-41-60)55-38-42-61(43-39-55)75(63-31-20-25-57(49-63)53-22-9-6-10-23-53)65-45-47-73-69(51-65)67-33-16-18-35-71(67)77(73)59-28-13-8-14-29-59/h3-51H,1H2,2H3/b21-5-,52-4+. The quantitative estimate of drug-likeness (QED) is 0.107. The van der Waals surface area contributed by atoms with Crippen LogP contribution >= 0.6 is 0 Å². The number of benzene rings is 11. The summed E-state index contributed by atoms with van der Waals surface area (Å²) in [5.74, 6) is 0. The van der Waals surface area contributed by atoms with Gasteiger partial charge in [0.25, 0.3) is 0 Å². The Morgan fingerprint density at radius 1 is 0.338 bits per heavy atom. The van der Waals surface area contributed by atoms with Crippen LogP contribution in [0.5, 0.6) is 0 Å². The van der Waals surface area contributed by atoms with Crippen LogP contribution in [0.15, 0.2) is 304 Å². The molecule has 0 saturated carbocycles. The zero-order chi connectivity index (χ0) is 51.7.